The van der Waals surface area contributed by atoms with Crippen LogP contribution in [-0.4, -0.2) is 24.5 Å². The third kappa shape index (κ3) is 6.71. The minimum absolute atomic E-state index is 0.0155. The summed E-state index contributed by atoms with van der Waals surface area (Å²) in [5.41, 5.74) is 5.49. The first-order chi connectivity index (χ1) is 31.0. The van der Waals surface area contributed by atoms with Gasteiger partial charge in [-0.3, -0.25) is 4.98 Å². The molecule has 6 nitrogen and oxygen atoms in total. The Bertz CT molecular complexity index is 3470. The van der Waals surface area contributed by atoms with Gasteiger partial charge in [-0.1, -0.05) is 84.9 Å². The zero-order valence-corrected chi connectivity index (χ0v) is 33.2. The summed E-state index contributed by atoms with van der Waals surface area (Å²) in [6.45, 7) is 0. The number of rotatable bonds is 6. The van der Waals surface area contributed by atoms with Gasteiger partial charge in [-0.05, 0) is 95.6 Å². The monoisotopic (exact) mass is 853 g/mol. The summed E-state index contributed by atoms with van der Waals surface area (Å²) < 4.78 is 92.7. The normalized spacial score (nSPS) is 12.2. The number of hydrogen-bond donors (Lipinski definition) is 0. The van der Waals surface area contributed by atoms with Crippen molar-refractivity contribution in [1.29, 1.82) is 0 Å². The first-order valence-corrected chi connectivity index (χ1v) is 20.1. The minimum atomic E-state index is -4.73. The average molecular weight is 854 g/mol. The highest BCUT2D eigenvalue weighted by molar-refractivity contribution is 6.10. The Morgan fingerprint density at radius 3 is 1.61 bits per heavy atom. The topological polar surface area (TPSA) is 69.6 Å². The van der Waals surface area contributed by atoms with Crippen molar-refractivity contribution in [3.8, 4) is 62.1 Å². The zero-order chi connectivity index (χ0) is 43.7. The smallest absolute Gasteiger partial charge is 0.416 e. The van der Waals surface area contributed by atoms with E-state index in [1.807, 2.05) is 115 Å². The van der Waals surface area contributed by atoms with E-state index in [2.05, 4.69) is 11.1 Å². The van der Waals surface area contributed by atoms with Gasteiger partial charge >= 0.3 is 12.4 Å². The summed E-state index contributed by atoms with van der Waals surface area (Å²) in [5, 5.41) is 1.88. The summed E-state index contributed by atoms with van der Waals surface area (Å²) in [5.74, 6) is 1.17. The van der Waals surface area contributed by atoms with Crippen molar-refractivity contribution in [1.82, 2.24) is 24.5 Å². The van der Waals surface area contributed by atoms with Crippen LogP contribution in [-0.2, 0) is 12.4 Å². The fraction of sp³-hybridized carbons (Fsp3) is 0.0385. The highest BCUT2D eigenvalue weighted by Gasteiger charge is 2.33. The Morgan fingerprint density at radius 2 is 0.984 bits per heavy atom. The number of alkyl halides is 6. The molecule has 4 heterocycles. The van der Waals surface area contributed by atoms with Gasteiger partial charge in [0.2, 0.25) is 0 Å². The number of pyridine rings is 1. The van der Waals surface area contributed by atoms with Crippen molar-refractivity contribution in [3.63, 3.8) is 0 Å². The van der Waals surface area contributed by atoms with Crippen LogP contribution in [0.3, 0.4) is 0 Å². The van der Waals surface area contributed by atoms with Gasteiger partial charge in [-0.2, -0.15) is 26.3 Å². The molecular formula is C52H29F6N5O. The maximum atomic E-state index is 14.1. The molecular weight excluding hydrogens is 825 g/mol. The Kier molecular flexibility index (Phi) is 8.95. The molecule has 0 aliphatic carbocycles. The number of benzene rings is 7. The summed E-state index contributed by atoms with van der Waals surface area (Å²) >= 11 is 0. The number of para-hydroxylation sites is 1. The van der Waals surface area contributed by atoms with Gasteiger partial charge in [0.05, 0.1) is 22.2 Å². The second kappa shape index (κ2) is 14.8. The number of fused-ring (bicyclic) bond motifs is 6. The molecule has 0 aliphatic rings. The molecule has 0 unspecified atom stereocenters. The van der Waals surface area contributed by atoms with Gasteiger partial charge < -0.3 is 8.98 Å². The van der Waals surface area contributed by atoms with E-state index in [1.165, 1.54) is 12.1 Å². The summed E-state index contributed by atoms with van der Waals surface area (Å²) in [6.07, 6.45) is -6.05. The lowest BCUT2D eigenvalue weighted by Crippen LogP contribution is -2.04. The second-order valence-corrected chi connectivity index (χ2v) is 15.3. The standard InChI is InChI=1S/C52H29F6N5O/c53-51(54,55)33-16-20-44-40(26-33)41-27-34(52(56,57)58)17-21-45(41)63(44)35-18-19-38(50-61-48(30-9-3-1-4-10-30)60-49(62-50)31-11-5-2-6-12-31)39(28-35)43-29-59-24-23-36(43)32-15-22-47-42(25-32)37-13-7-8-14-46(37)64-47/h1-29H. The molecule has 11 rings (SSSR count). The van der Waals surface area contributed by atoms with Crippen LogP contribution in [0.4, 0.5) is 26.3 Å². The molecule has 0 bridgehead atoms. The third-order valence-electron chi connectivity index (χ3n) is 11.4. The van der Waals surface area contributed by atoms with E-state index in [1.54, 1.807) is 23.0 Å². The van der Waals surface area contributed by atoms with E-state index >= 15 is 0 Å². The molecule has 310 valence electrons. The fourth-order valence-corrected chi connectivity index (χ4v) is 8.43. The predicted octanol–water partition coefficient (Wildman–Crippen LogP) is 14.6. The van der Waals surface area contributed by atoms with Gasteiger partial charge in [0.15, 0.2) is 17.5 Å². The van der Waals surface area contributed by atoms with Crippen LogP contribution in [0, 0.1) is 0 Å². The molecule has 0 aliphatic heterocycles. The molecule has 64 heavy (non-hydrogen) atoms. The highest BCUT2D eigenvalue weighted by atomic mass is 19.4. The predicted molar refractivity (Wildman–Crippen MR) is 236 cm³/mol. The minimum Gasteiger partial charge on any atom is -0.456 e. The maximum absolute atomic E-state index is 14.1. The Morgan fingerprint density at radius 1 is 0.406 bits per heavy atom. The maximum Gasteiger partial charge on any atom is 0.416 e. The molecule has 0 amide bonds. The molecule has 0 fully saturated rings. The van der Waals surface area contributed by atoms with E-state index < -0.39 is 23.5 Å². The van der Waals surface area contributed by atoms with E-state index in [0.717, 1.165) is 62.9 Å². The summed E-state index contributed by atoms with van der Waals surface area (Å²) in [4.78, 5) is 19.5. The third-order valence-corrected chi connectivity index (χ3v) is 11.4. The first-order valence-electron chi connectivity index (χ1n) is 20.1. The summed E-state index contributed by atoms with van der Waals surface area (Å²) in [7, 11) is 0. The largest absolute Gasteiger partial charge is 0.456 e. The number of furan rings is 1. The van der Waals surface area contributed by atoms with Crippen LogP contribution in [0.1, 0.15) is 11.1 Å². The van der Waals surface area contributed by atoms with Crippen LogP contribution in [0.5, 0.6) is 0 Å². The number of halogens is 6. The number of hydrogen-bond acceptors (Lipinski definition) is 5. The van der Waals surface area contributed by atoms with Gasteiger partial charge in [0, 0.05) is 61.9 Å². The quantitative estimate of drug-likeness (QED) is 0.156. The van der Waals surface area contributed by atoms with Crippen molar-refractivity contribution in [2.75, 3.05) is 0 Å². The molecule has 0 saturated heterocycles. The second-order valence-electron chi connectivity index (χ2n) is 15.3. The van der Waals surface area contributed by atoms with Gasteiger partial charge in [-0.15, -0.1) is 0 Å². The molecule has 12 heteroatoms. The molecule has 11 aromatic rings. The lowest BCUT2D eigenvalue weighted by molar-refractivity contribution is -0.138. The van der Waals surface area contributed by atoms with Gasteiger partial charge in [-0.25, -0.2) is 15.0 Å². The van der Waals surface area contributed by atoms with Crippen molar-refractivity contribution in [3.05, 3.63) is 187 Å². The van der Waals surface area contributed by atoms with Crippen LogP contribution < -0.4 is 0 Å². The Balaban J connectivity index is 1.20. The van der Waals surface area contributed by atoms with Gasteiger partial charge in [0.25, 0.3) is 0 Å². The van der Waals surface area contributed by atoms with Gasteiger partial charge in [0.1, 0.15) is 11.2 Å². The first kappa shape index (κ1) is 38.8. The molecule has 0 spiro atoms. The molecule has 7 aromatic carbocycles. The van der Waals surface area contributed by atoms with E-state index in [0.29, 0.717) is 45.4 Å². The SMILES string of the molecule is FC(F)(F)c1ccc2c(c1)c1cc(C(F)(F)F)ccc1n2-c1ccc(-c2nc(-c3ccccc3)nc(-c3ccccc3)n2)c(-c2cnccc2-c2ccc3oc4ccccc4c3c2)c1. The van der Waals surface area contributed by atoms with E-state index in [-0.39, 0.29) is 21.8 Å². The molecule has 0 N–H and O–H groups in total. The highest BCUT2D eigenvalue weighted by Crippen LogP contribution is 2.44. The van der Waals surface area contributed by atoms with Crippen LogP contribution in [0.15, 0.2) is 181 Å². The lowest BCUT2D eigenvalue weighted by atomic mass is 9.92. The van der Waals surface area contributed by atoms with Crippen molar-refractivity contribution < 1.29 is 30.8 Å². The van der Waals surface area contributed by atoms with Crippen LogP contribution in [0.2, 0.25) is 0 Å². The molecule has 0 radical (unpaired) electrons. The van der Waals surface area contributed by atoms with Crippen molar-refractivity contribution in [2.45, 2.75) is 12.4 Å². The van der Waals surface area contributed by atoms with Crippen LogP contribution in [0.25, 0.3) is 106 Å². The Hall–Kier alpha value is -8.12. The number of nitrogens with zero attached hydrogens (tertiary/aromatic N) is 5. The van der Waals surface area contributed by atoms with E-state index in [9.17, 15) is 26.3 Å². The molecule has 4 aromatic heterocycles. The number of aromatic nitrogens is 5. The van der Waals surface area contributed by atoms with Crippen molar-refractivity contribution in [2.24, 2.45) is 0 Å². The molecule has 0 saturated carbocycles. The molecule has 0 atom stereocenters. The van der Waals surface area contributed by atoms with E-state index in [4.69, 9.17) is 19.4 Å². The zero-order valence-electron chi connectivity index (χ0n) is 33.2. The van der Waals surface area contributed by atoms with Crippen LogP contribution >= 0.6 is 0 Å². The average Bonchev–Trinajstić information content (AvgIpc) is 3.86. The fourth-order valence-electron chi connectivity index (χ4n) is 8.43. The van der Waals surface area contributed by atoms with Crippen molar-refractivity contribution >= 4 is 43.7 Å². The lowest BCUT2D eigenvalue weighted by Gasteiger charge is -2.17. The Labute approximate surface area is 359 Å². The summed E-state index contributed by atoms with van der Waals surface area (Å²) in [6, 6.07) is 46.3.